The van der Waals surface area contributed by atoms with Crippen molar-refractivity contribution in [2.24, 2.45) is 0 Å². The van der Waals surface area contributed by atoms with Crippen molar-refractivity contribution in [3.8, 4) is 11.1 Å². The number of benzene rings is 2. The summed E-state index contributed by atoms with van der Waals surface area (Å²) >= 11 is 8.48. The van der Waals surface area contributed by atoms with Gasteiger partial charge in [-0.3, -0.25) is 15.2 Å². The fourth-order valence-electron chi connectivity index (χ4n) is 5.73. The Labute approximate surface area is 259 Å². The molecule has 1 amide bonds. The van der Waals surface area contributed by atoms with E-state index in [2.05, 4.69) is 16.9 Å². The van der Waals surface area contributed by atoms with E-state index < -0.39 is 11.9 Å². The average molecular weight is 622 g/mol. The molecule has 2 aromatic carbocycles. The number of carbonyl (C=O) groups excluding carboxylic acids is 1. The molecular weight excluding hydrogens is 589 g/mol. The summed E-state index contributed by atoms with van der Waals surface area (Å²) in [6, 6.07) is 4.95. The highest BCUT2D eigenvalue weighted by molar-refractivity contribution is 7.99. The van der Waals surface area contributed by atoms with Gasteiger partial charge >= 0.3 is 0 Å². The number of nitrogen functional groups attached to an aromatic ring is 1. The van der Waals surface area contributed by atoms with Crippen molar-refractivity contribution >= 4 is 58.4 Å². The van der Waals surface area contributed by atoms with E-state index in [1.54, 1.807) is 43.1 Å². The molecule has 3 aromatic rings. The summed E-state index contributed by atoms with van der Waals surface area (Å²) in [5, 5.41) is 31.3. The molecule has 0 aliphatic carbocycles. The summed E-state index contributed by atoms with van der Waals surface area (Å²) < 4.78 is 17.2. The van der Waals surface area contributed by atoms with Crippen molar-refractivity contribution in [2.75, 3.05) is 36.4 Å². The molecule has 0 bridgehead atoms. The molecule has 6 N–H and O–H groups in total. The van der Waals surface area contributed by atoms with Gasteiger partial charge in [0.05, 0.1) is 39.8 Å². The number of hydrogen-bond donors (Lipinski definition) is 5. The van der Waals surface area contributed by atoms with E-state index in [0.717, 1.165) is 11.8 Å². The van der Waals surface area contributed by atoms with Gasteiger partial charge in [0.25, 0.3) is 0 Å². The van der Waals surface area contributed by atoms with Gasteiger partial charge < -0.3 is 31.4 Å². The second-order valence-corrected chi connectivity index (χ2v) is 12.1. The lowest BCUT2D eigenvalue weighted by atomic mass is 9.91. The maximum Gasteiger partial charge on any atom is 0.246 e. The maximum absolute atomic E-state index is 17.2. The van der Waals surface area contributed by atoms with Crippen LogP contribution < -0.4 is 11.1 Å². The minimum absolute atomic E-state index is 0.00732. The Morgan fingerprint density at radius 3 is 2.67 bits per heavy atom. The summed E-state index contributed by atoms with van der Waals surface area (Å²) in [6.07, 6.45) is 2.99. The summed E-state index contributed by atoms with van der Waals surface area (Å²) in [7, 11) is 0. The molecule has 1 fully saturated rings. The predicted molar refractivity (Wildman–Crippen MR) is 172 cm³/mol. The van der Waals surface area contributed by atoms with Crippen LogP contribution >= 0.6 is 23.4 Å². The molecule has 5 rings (SSSR count). The van der Waals surface area contributed by atoms with Crippen molar-refractivity contribution < 1.29 is 14.3 Å². The third kappa shape index (κ3) is 5.26. The molecule has 9 nitrogen and oxygen atoms in total. The number of rotatable bonds is 6. The number of piperazine rings is 1. The first-order valence-corrected chi connectivity index (χ1v) is 15.1. The number of amides is 1. The summed E-state index contributed by atoms with van der Waals surface area (Å²) in [4.78, 5) is 20.8. The number of aliphatic hydroxyl groups excluding tert-OH is 1. The van der Waals surface area contributed by atoms with Crippen molar-refractivity contribution in [2.45, 2.75) is 37.8 Å². The standard InChI is InChI=1S/C31H33ClFN7O2S/c1-5-21(42)39-10-11-40-18(13-39)14-43-30-24(31(40)36)29(38-27-16(3)8-9-37-28(27)17(4)41)26(33)23(25(30)32)22-15(2)6-7-20(35)19(22)12-34/h5-9,12,17-18,34,36,38,41H,1,10-11,13-14,35H2,2-4H3. The van der Waals surface area contributed by atoms with Crippen LogP contribution in [0.5, 0.6) is 0 Å². The Hall–Kier alpha value is -3.93. The van der Waals surface area contributed by atoms with Crippen LogP contribution in [0.1, 0.15) is 41.0 Å². The topological polar surface area (TPSA) is 142 Å². The average Bonchev–Trinajstić information content (AvgIpc) is 3.13. The van der Waals surface area contributed by atoms with Crippen LogP contribution in [0, 0.1) is 30.5 Å². The zero-order chi connectivity index (χ0) is 31.2. The van der Waals surface area contributed by atoms with Gasteiger partial charge in [0.2, 0.25) is 5.91 Å². The Bertz CT molecular complexity index is 1680. The van der Waals surface area contributed by atoms with Gasteiger partial charge in [-0.15, -0.1) is 11.8 Å². The fourth-order valence-corrected chi connectivity index (χ4v) is 7.38. The Morgan fingerprint density at radius 2 is 2.00 bits per heavy atom. The monoisotopic (exact) mass is 621 g/mol. The Morgan fingerprint density at radius 1 is 1.26 bits per heavy atom. The molecule has 2 aliphatic rings. The van der Waals surface area contributed by atoms with Crippen LogP contribution in [0.15, 0.2) is 41.9 Å². The lowest BCUT2D eigenvalue weighted by Crippen LogP contribution is -2.56. The first-order valence-electron chi connectivity index (χ1n) is 13.7. The normalized spacial score (nSPS) is 17.1. The van der Waals surface area contributed by atoms with Gasteiger partial charge in [-0.2, -0.15) is 0 Å². The molecule has 1 aromatic heterocycles. The van der Waals surface area contributed by atoms with E-state index in [-0.39, 0.29) is 39.6 Å². The second-order valence-electron chi connectivity index (χ2n) is 10.7. The zero-order valence-corrected chi connectivity index (χ0v) is 25.7. The van der Waals surface area contributed by atoms with Crippen molar-refractivity contribution in [1.82, 2.24) is 14.8 Å². The van der Waals surface area contributed by atoms with Crippen LogP contribution in [0.3, 0.4) is 0 Å². The van der Waals surface area contributed by atoms with Crippen molar-refractivity contribution in [3.05, 3.63) is 75.8 Å². The molecular formula is C31H33ClFN7O2S. The minimum Gasteiger partial charge on any atom is -0.398 e. The third-order valence-corrected chi connectivity index (χ3v) is 9.70. The lowest BCUT2D eigenvalue weighted by molar-refractivity contribution is -0.128. The van der Waals surface area contributed by atoms with E-state index in [9.17, 15) is 15.3 Å². The quantitative estimate of drug-likeness (QED) is 0.136. The number of aromatic nitrogens is 1. The number of pyridine rings is 1. The first kappa shape index (κ1) is 30.5. The van der Waals surface area contributed by atoms with Gasteiger partial charge in [-0.25, -0.2) is 4.39 Å². The highest BCUT2D eigenvalue weighted by atomic mass is 35.5. The number of nitrogens with two attached hydrogens (primary N) is 1. The van der Waals surface area contributed by atoms with E-state index in [0.29, 0.717) is 64.0 Å². The van der Waals surface area contributed by atoms with Crippen LogP contribution in [0.4, 0.5) is 21.5 Å². The highest BCUT2D eigenvalue weighted by Crippen LogP contribution is 2.49. The number of aliphatic hydroxyl groups is 1. The van der Waals surface area contributed by atoms with Gasteiger partial charge in [0.15, 0.2) is 5.82 Å². The summed E-state index contributed by atoms with van der Waals surface area (Å²) in [5.74, 6) is -0.341. The van der Waals surface area contributed by atoms with E-state index in [1.807, 2.05) is 11.8 Å². The van der Waals surface area contributed by atoms with E-state index in [1.165, 1.54) is 17.8 Å². The summed E-state index contributed by atoms with van der Waals surface area (Å²) in [6.45, 7) is 9.95. The van der Waals surface area contributed by atoms with Crippen molar-refractivity contribution in [1.29, 1.82) is 10.8 Å². The summed E-state index contributed by atoms with van der Waals surface area (Å²) in [5.41, 5.74) is 9.75. The number of hydrogen-bond acceptors (Lipinski definition) is 8. The van der Waals surface area contributed by atoms with Crippen LogP contribution in [0.2, 0.25) is 5.02 Å². The molecule has 0 saturated carbocycles. The lowest BCUT2D eigenvalue weighted by Gasteiger charge is -2.41. The smallest absolute Gasteiger partial charge is 0.246 e. The number of nitrogens with one attached hydrogen (secondary N) is 3. The minimum atomic E-state index is -0.954. The molecule has 3 heterocycles. The molecule has 0 radical (unpaired) electrons. The number of aryl methyl sites for hydroxylation is 2. The van der Waals surface area contributed by atoms with Crippen LogP contribution in [-0.2, 0) is 4.79 Å². The number of halogens is 2. The molecule has 2 aliphatic heterocycles. The van der Waals surface area contributed by atoms with Gasteiger partial charge in [0, 0.05) is 59.5 Å². The molecule has 43 heavy (non-hydrogen) atoms. The highest BCUT2D eigenvalue weighted by Gasteiger charge is 2.38. The second kappa shape index (κ2) is 12.0. The van der Waals surface area contributed by atoms with Gasteiger partial charge in [-0.05, 0) is 55.7 Å². The number of thioether (sulfide) groups is 1. The van der Waals surface area contributed by atoms with Crippen LogP contribution in [0.25, 0.3) is 11.1 Å². The molecule has 1 saturated heterocycles. The van der Waals surface area contributed by atoms with Gasteiger partial charge in [0.1, 0.15) is 5.84 Å². The van der Waals surface area contributed by atoms with Crippen LogP contribution in [-0.4, -0.2) is 69.3 Å². The Kier molecular flexibility index (Phi) is 8.51. The number of nitrogens with zero attached hydrogens (tertiary/aromatic N) is 3. The third-order valence-electron chi connectivity index (χ3n) is 7.96. The van der Waals surface area contributed by atoms with Gasteiger partial charge in [-0.1, -0.05) is 24.2 Å². The predicted octanol–water partition coefficient (Wildman–Crippen LogP) is 5.66. The van der Waals surface area contributed by atoms with E-state index in [4.69, 9.17) is 22.7 Å². The number of amidine groups is 1. The maximum atomic E-state index is 17.2. The fraction of sp³-hybridized carbons (Fsp3) is 0.290. The number of carbonyl (C=O) groups is 1. The molecule has 224 valence electrons. The van der Waals surface area contributed by atoms with Crippen molar-refractivity contribution in [3.63, 3.8) is 0 Å². The Balaban J connectivity index is 1.79. The SMILES string of the molecule is C=CC(=O)N1CCN2C(=N)c3c(Nc4c(C)ccnc4C(C)O)c(F)c(-c4c(C)ccc(N)c4C=N)c(Cl)c3SCC2C1. The number of fused-ring (bicyclic) bond motifs is 2. The zero-order valence-electron chi connectivity index (χ0n) is 24.1. The number of anilines is 3. The first-order chi connectivity index (χ1) is 20.5. The molecule has 12 heteroatoms. The molecule has 0 spiro atoms. The molecule has 2 unspecified atom stereocenters. The largest absolute Gasteiger partial charge is 0.398 e. The molecule has 2 atom stereocenters. The van der Waals surface area contributed by atoms with E-state index >= 15 is 4.39 Å².